The van der Waals surface area contributed by atoms with Gasteiger partial charge < -0.3 is 14.6 Å². The van der Waals surface area contributed by atoms with Gasteiger partial charge in [0, 0.05) is 41.1 Å². The number of nitrogens with zero attached hydrogens (tertiary/aromatic N) is 3. The van der Waals surface area contributed by atoms with E-state index in [1.807, 2.05) is 48.2 Å². The highest BCUT2D eigenvalue weighted by atomic mass is 16.3. The molecule has 0 atom stereocenters. The fourth-order valence-corrected chi connectivity index (χ4v) is 4.74. The molecular formula is C25H25N3O2. The third-order valence-electron chi connectivity index (χ3n) is 6.37. The molecule has 5 nitrogen and oxygen atoms in total. The number of piperidine rings is 1. The third-order valence-corrected chi connectivity index (χ3v) is 6.37. The number of benzene rings is 2. The summed E-state index contributed by atoms with van der Waals surface area (Å²) in [4.78, 5) is 19.5. The second kappa shape index (κ2) is 7.26. The zero-order chi connectivity index (χ0) is 20.7. The minimum absolute atomic E-state index is 0.0845. The van der Waals surface area contributed by atoms with Crippen LogP contribution in [-0.4, -0.2) is 38.6 Å². The Labute approximate surface area is 175 Å². The second-order valence-corrected chi connectivity index (χ2v) is 8.20. The Morgan fingerprint density at radius 3 is 2.17 bits per heavy atom. The predicted octanol–water partition coefficient (Wildman–Crippen LogP) is 4.01. The van der Waals surface area contributed by atoms with Gasteiger partial charge in [-0.15, -0.1) is 0 Å². The molecule has 1 N–H and O–H groups in total. The number of fused-ring (bicyclic) bond motifs is 3. The molecule has 0 spiro atoms. The molecule has 1 saturated heterocycles. The number of carbonyl (C=O) groups excluding carboxylic acids is 1. The van der Waals surface area contributed by atoms with Crippen molar-refractivity contribution in [3.63, 3.8) is 0 Å². The molecule has 1 fully saturated rings. The topological polar surface area (TPSA) is 58.4 Å². The van der Waals surface area contributed by atoms with Crippen molar-refractivity contribution in [2.24, 2.45) is 0 Å². The Bertz CT molecular complexity index is 1180. The highest BCUT2D eigenvalue weighted by Gasteiger charge is 2.37. The summed E-state index contributed by atoms with van der Waals surface area (Å²) in [6, 6.07) is 20.3. The van der Waals surface area contributed by atoms with Crippen molar-refractivity contribution in [2.75, 3.05) is 13.1 Å². The average Bonchev–Trinajstić information content (AvgIpc) is 3.08. The Hall–Kier alpha value is -3.18. The monoisotopic (exact) mass is 399 g/mol. The smallest absolute Gasteiger partial charge is 0.242 e. The molecule has 2 aromatic carbocycles. The molecule has 4 aromatic rings. The minimum Gasteiger partial charge on any atom is -0.383 e. The molecule has 3 heterocycles. The summed E-state index contributed by atoms with van der Waals surface area (Å²) in [7, 11) is 0. The van der Waals surface area contributed by atoms with Gasteiger partial charge in [0.25, 0.3) is 0 Å². The van der Waals surface area contributed by atoms with Crippen LogP contribution < -0.4 is 0 Å². The first-order chi connectivity index (χ1) is 14.6. The molecule has 1 amide bonds. The predicted molar refractivity (Wildman–Crippen MR) is 118 cm³/mol. The summed E-state index contributed by atoms with van der Waals surface area (Å²) in [5, 5.41) is 13.5. The van der Waals surface area contributed by atoms with Gasteiger partial charge in [0.2, 0.25) is 5.91 Å². The van der Waals surface area contributed by atoms with Crippen molar-refractivity contribution in [3.05, 3.63) is 78.1 Å². The van der Waals surface area contributed by atoms with E-state index in [1.165, 1.54) is 10.8 Å². The van der Waals surface area contributed by atoms with Crippen molar-refractivity contribution in [1.82, 2.24) is 14.5 Å². The van der Waals surface area contributed by atoms with E-state index in [0.29, 0.717) is 32.5 Å². The van der Waals surface area contributed by atoms with Crippen molar-refractivity contribution in [2.45, 2.75) is 31.9 Å². The van der Waals surface area contributed by atoms with Gasteiger partial charge in [-0.05, 0) is 43.5 Å². The number of amides is 1. The lowest BCUT2D eigenvalue weighted by atomic mass is 9.85. The summed E-state index contributed by atoms with van der Waals surface area (Å²) in [6.45, 7) is 3.33. The van der Waals surface area contributed by atoms with Crippen LogP contribution in [0.1, 0.15) is 24.1 Å². The Morgan fingerprint density at radius 2 is 1.57 bits per heavy atom. The molecule has 5 rings (SSSR count). The van der Waals surface area contributed by atoms with Gasteiger partial charge in [-0.25, -0.2) is 0 Å². The van der Waals surface area contributed by atoms with E-state index >= 15 is 0 Å². The molecule has 152 valence electrons. The van der Waals surface area contributed by atoms with Crippen LogP contribution >= 0.6 is 0 Å². The third kappa shape index (κ3) is 3.06. The van der Waals surface area contributed by atoms with Crippen molar-refractivity contribution in [3.8, 4) is 0 Å². The Balaban J connectivity index is 1.38. The number of rotatable bonds is 3. The number of para-hydroxylation sites is 2. The highest BCUT2D eigenvalue weighted by Crippen LogP contribution is 2.34. The lowest BCUT2D eigenvalue weighted by Gasteiger charge is -2.38. The summed E-state index contributed by atoms with van der Waals surface area (Å²) in [6.07, 6.45) is 2.73. The summed E-state index contributed by atoms with van der Waals surface area (Å²) < 4.78 is 2.11. The summed E-state index contributed by atoms with van der Waals surface area (Å²) in [5.74, 6) is 0.0845. The Kier molecular flexibility index (Phi) is 4.55. The van der Waals surface area contributed by atoms with E-state index in [2.05, 4.69) is 33.8 Å². The number of aryl methyl sites for hydroxylation is 1. The SMILES string of the molecule is Cc1cccnc1C1(O)CCN(C(=O)Cn2c3ccccc3c3ccccc32)CC1. The maximum atomic E-state index is 13.2. The Morgan fingerprint density at radius 1 is 0.967 bits per heavy atom. The van der Waals surface area contributed by atoms with E-state index in [4.69, 9.17) is 0 Å². The van der Waals surface area contributed by atoms with E-state index in [-0.39, 0.29) is 5.91 Å². The zero-order valence-corrected chi connectivity index (χ0v) is 17.1. The molecule has 2 aromatic heterocycles. The van der Waals surface area contributed by atoms with Gasteiger partial charge in [0.05, 0.1) is 5.69 Å². The molecular weight excluding hydrogens is 374 g/mol. The fraction of sp³-hybridized carbons (Fsp3) is 0.280. The number of hydrogen-bond donors (Lipinski definition) is 1. The lowest BCUT2D eigenvalue weighted by molar-refractivity contribution is -0.136. The van der Waals surface area contributed by atoms with E-state index in [9.17, 15) is 9.90 Å². The van der Waals surface area contributed by atoms with Gasteiger partial charge in [-0.3, -0.25) is 9.78 Å². The van der Waals surface area contributed by atoms with E-state index in [0.717, 1.165) is 22.3 Å². The van der Waals surface area contributed by atoms with E-state index < -0.39 is 5.60 Å². The quantitative estimate of drug-likeness (QED) is 0.566. The first-order valence-corrected chi connectivity index (χ1v) is 10.4. The largest absolute Gasteiger partial charge is 0.383 e. The first kappa shape index (κ1) is 18.8. The molecule has 0 bridgehead atoms. The van der Waals surface area contributed by atoms with Gasteiger partial charge in [0.15, 0.2) is 0 Å². The molecule has 30 heavy (non-hydrogen) atoms. The standard InChI is InChI=1S/C25H25N3O2/c1-18-7-6-14-26-24(18)25(30)12-15-27(16-13-25)23(29)17-28-21-10-4-2-8-19(21)20-9-3-5-11-22(20)28/h2-11,14,30H,12-13,15-17H2,1H3. The first-order valence-electron chi connectivity index (χ1n) is 10.4. The van der Waals surface area contributed by atoms with Crippen LogP contribution in [0.5, 0.6) is 0 Å². The number of aromatic nitrogens is 2. The van der Waals surface area contributed by atoms with Crippen LogP contribution in [0.25, 0.3) is 21.8 Å². The second-order valence-electron chi connectivity index (χ2n) is 8.20. The van der Waals surface area contributed by atoms with Crippen molar-refractivity contribution in [1.29, 1.82) is 0 Å². The normalized spacial score (nSPS) is 16.3. The van der Waals surface area contributed by atoms with Gasteiger partial charge in [0.1, 0.15) is 12.1 Å². The number of aliphatic hydroxyl groups is 1. The van der Waals surface area contributed by atoms with Gasteiger partial charge in [-0.2, -0.15) is 0 Å². The minimum atomic E-state index is -0.963. The number of carbonyl (C=O) groups is 1. The van der Waals surface area contributed by atoms with E-state index in [1.54, 1.807) is 6.20 Å². The van der Waals surface area contributed by atoms with Crippen LogP contribution in [0.4, 0.5) is 0 Å². The number of hydrogen-bond acceptors (Lipinski definition) is 3. The molecule has 5 heteroatoms. The number of pyridine rings is 1. The molecule has 0 saturated carbocycles. The number of likely N-dealkylation sites (tertiary alicyclic amines) is 1. The van der Waals surface area contributed by atoms with Gasteiger partial charge in [-0.1, -0.05) is 42.5 Å². The molecule has 1 aliphatic rings. The summed E-state index contributed by atoms with van der Waals surface area (Å²) in [5.41, 5.74) is 2.91. The van der Waals surface area contributed by atoms with Crippen LogP contribution in [0, 0.1) is 6.92 Å². The van der Waals surface area contributed by atoms with Crippen LogP contribution in [0.2, 0.25) is 0 Å². The molecule has 0 radical (unpaired) electrons. The van der Waals surface area contributed by atoms with Crippen LogP contribution in [0.3, 0.4) is 0 Å². The zero-order valence-electron chi connectivity index (χ0n) is 17.1. The maximum absolute atomic E-state index is 13.2. The molecule has 1 aliphatic heterocycles. The van der Waals surface area contributed by atoms with Crippen LogP contribution in [0.15, 0.2) is 66.9 Å². The molecule has 0 unspecified atom stereocenters. The van der Waals surface area contributed by atoms with Crippen molar-refractivity contribution < 1.29 is 9.90 Å². The fourth-order valence-electron chi connectivity index (χ4n) is 4.74. The van der Waals surface area contributed by atoms with Gasteiger partial charge >= 0.3 is 0 Å². The molecule has 0 aliphatic carbocycles. The van der Waals surface area contributed by atoms with Crippen molar-refractivity contribution >= 4 is 27.7 Å². The van der Waals surface area contributed by atoms with Crippen LogP contribution in [-0.2, 0) is 16.9 Å². The lowest BCUT2D eigenvalue weighted by Crippen LogP contribution is -2.46. The highest BCUT2D eigenvalue weighted by molar-refractivity contribution is 6.08. The average molecular weight is 399 g/mol. The maximum Gasteiger partial charge on any atom is 0.242 e. The summed E-state index contributed by atoms with van der Waals surface area (Å²) >= 11 is 0.